The SMILES string of the molecule is CCOC1CCC(N2CC3CN(C(=O)NCCO)CC2C(C)(C)C3)CC1.CCOc1ccc(N2CC3CCC(C)(C)C2CN(C(=O)NCCO)C3)cc1.CN(CCCS(C)(=O)=O)c1ccc(N2CC3CN(C(=O)N4CCS(=O)(=O)CC4)CC2C(C)(C)C3)cc1. The van der Waals surface area contributed by atoms with Crippen molar-refractivity contribution < 1.29 is 50.9 Å². The van der Waals surface area contributed by atoms with E-state index in [1.165, 1.54) is 37.6 Å². The van der Waals surface area contributed by atoms with E-state index in [1.807, 2.05) is 40.8 Å². The Balaban J connectivity index is 0.000000176. The Morgan fingerprint density at radius 1 is 0.629 bits per heavy atom. The molecular weight excluding hydrogens is 1170 g/mol. The number of ether oxygens (including phenoxy) is 2. The first kappa shape index (κ1) is 70.1. The smallest absolute Gasteiger partial charge is 0.320 e. The standard InChI is InChI=1S/C25H40N4O5S2.C21H33N3O3.C20H37N3O3/c1-25(2)16-20-17-28(24(30)27-11-14-36(33,34)15-12-27)19-23(25)29(18-20)22-8-6-21(7-9-22)26(3)10-5-13-35(4,31)32;1-4-27-18-7-5-17(6-8-18)24-14-16-9-10-21(2,3)19(24)15-23(13-16)20(26)22-11-12-25;1-4-26-17-7-5-16(6-8-17)23-13-15-11-20(2,3)18(23)14-22(12-15)19(25)21-9-10-24/h6-9,20,23H,5,10-19H2,1-4H3;5-8,16,19,25H,4,9-15H2,1-3H3,(H,22,26);15-18,24H,4-14H2,1-3H3,(H,21,25). The van der Waals surface area contributed by atoms with Crippen LogP contribution in [-0.4, -0.2) is 249 Å². The topological polar surface area (TPSA) is 228 Å². The summed E-state index contributed by atoms with van der Waals surface area (Å²) in [6.45, 7) is 28.7. The number of hydrogen-bond donors (Lipinski definition) is 4. The van der Waals surface area contributed by atoms with Crippen molar-refractivity contribution in [1.29, 1.82) is 0 Å². The van der Waals surface area contributed by atoms with Gasteiger partial charge in [0.25, 0.3) is 0 Å². The third kappa shape index (κ3) is 18.5. The number of sulfone groups is 2. The van der Waals surface area contributed by atoms with Gasteiger partial charge in [-0.3, -0.25) is 4.90 Å². The highest BCUT2D eigenvalue weighted by Gasteiger charge is 2.50. The van der Waals surface area contributed by atoms with E-state index in [0.29, 0.717) is 88.2 Å². The number of piperidine rings is 2. The Bertz CT molecular complexity index is 2840. The zero-order valence-electron chi connectivity index (χ0n) is 55.4. The monoisotopic (exact) mass is 1280 g/mol. The molecule has 4 N–H and O–H groups in total. The van der Waals surface area contributed by atoms with Gasteiger partial charge in [-0.2, -0.15) is 0 Å². The largest absolute Gasteiger partial charge is 0.494 e. The highest BCUT2D eigenvalue weighted by molar-refractivity contribution is 7.91. The van der Waals surface area contributed by atoms with Crippen molar-refractivity contribution in [3.63, 3.8) is 0 Å². The first-order chi connectivity index (χ1) is 42.1. The molecule has 2 aromatic rings. The third-order valence-electron chi connectivity index (χ3n) is 20.5. The molecule has 21 nitrogen and oxygen atoms in total. The summed E-state index contributed by atoms with van der Waals surface area (Å²) in [5.74, 6) is 2.50. The molecule has 6 amide bonds. The van der Waals surface area contributed by atoms with Gasteiger partial charge in [-0.05, 0) is 154 Å². The van der Waals surface area contributed by atoms with Gasteiger partial charge in [-0.25, -0.2) is 31.2 Å². The highest BCUT2D eigenvalue weighted by atomic mass is 32.2. The Morgan fingerprint density at radius 2 is 1.13 bits per heavy atom. The van der Waals surface area contributed by atoms with Crippen LogP contribution in [0.15, 0.2) is 48.5 Å². The normalized spacial score (nSPS) is 27.8. The number of amides is 6. The average molecular weight is 1280 g/mol. The van der Waals surface area contributed by atoms with E-state index in [1.54, 1.807) is 4.90 Å². The minimum atomic E-state index is -3.03. The number of aliphatic hydroxyl groups is 2. The third-order valence-corrected chi connectivity index (χ3v) is 23.2. The first-order valence-electron chi connectivity index (χ1n) is 33.3. The van der Waals surface area contributed by atoms with Crippen molar-refractivity contribution in [2.24, 2.45) is 34.0 Å². The lowest BCUT2D eigenvalue weighted by molar-refractivity contribution is -0.0390. The van der Waals surface area contributed by atoms with Crippen LogP contribution in [0.2, 0.25) is 0 Å². The fraction of sp³-hybridized carbons (Fsp3) is 0.773. The van der Waals surface area contributed by atoms with Gasteiger partial charge in [0, 0.05) is 141 Å². The molecule has 23 heteroatoms. The number of carbonyl (C=O) groups excluding carboxylic acids is 3. The zero-order chi connectivity index (χ0) is 64.5. The molecule has 10 aliphatic rings. The van der Waals surface area contributed by atoms with Crippen molar-refractivity contribution in [3.05, 3.63) is 48.5 Å². The highest BCUT2D eigenvalue weighted by Crippen LogP contribution is 2.46. The van der Waals surface area contributed by atoms with Crippen LogP contribution in [-0.2, 0) is 24.4 Å². The summed E-state index contributed by atoms with van der Waals surface area (Å²) in [7, 11) is -4.01. The van der Waals surface area contributed by atoms with Crippen molar-refractivity contribution in [3.8, 4) is 5.75 Å². The van der Waals surface area contributed by atoms with Crippen LogP contribution < -0.4 is 30.1 Å². The number of benzene rings is 2. The lowest BCUT2D eigenvalue weighted by Crippen LogP contribution is -2.58. The molecule has 6 atom stereocenters. The maximum atomic E-state index is 13.4. The van der Waals surface area contributed by atoms with E-state index < -0.39 is 19.7 Å². The number of aliphatic hydroxyl groups excluding tert-OH is 2. The lowest BCUT2D eigenvalue weighted by atomic mass is 9.72. The second-order valence-corrected chi connectivity index (χ2v) is 33.4. The Labute approximate surface area is 533 Å². The number of carbonyl (C=O) groups is 3. The van der Waals surface area contributed by atoms with Crippen molar-refractivity contribution >= 4 is 54.8 Å². The van der Waals surface area contributed by atoms with E-state index in [2.05, 4.69) is 115 Å². The van der Waals surface area contributed by atoms with E-state index >= 15 is 0 Å². The van der Waals surface area contributed by atoms with Gasteiger partial charge < -0.3 is 64.6 Å². The van der Waals surface area contributed by atoms with E-state index in [9.17, 15) is 31.2 Å². The molecule has 1 aliphatic carbocycles. The number of rotatable bonds is 16. The molecule has 6 unspecified atom stereocenters. The molecule has 9 heterocycles. The molecule has 0 aromatic heterocycles. The summed E-state index contributed by atoms with van der Waals surface area (Å²) >= 11 is 0. The van der Waals surface area contributed by atoms with Gasteiger partial charge in [-0.15, -0.1) is 0 Å². The summed E-state index contributed by atoms with van der Waals surface area (Å²) in [5.41, 5.74) is 3.74. The van der Waals surface area contributed by atoms with Gasteiger partial charge in [-0.1, -0.05) is 41.5 Å². The summed E-state index contributed by atoms with van der Waals surface area (Å²) in [6.07, 6.45) is 11.6. The quantitative estimate of drug-likeness (QED) is 0.137. The molecule has 0 radical (unpaired) electrons. The first-order valence-corrected chi connectivity index (χ1v) is 37.1. The van der Waals surface area contributed by atoms with E-state index in [4.69, 9.17) is 19.7 Å². The number of anilines is 3. The van der Waals surface area contributed by atoms with Crippen LogP contribution in [0.3, 0.4) is 0 Å². The predicted molar refractivity (Wildman–Crippen MR) is 354 cm³/mol. The van der Waals surface area contributed by atoms with Gasteiger partial charge >= 0.3 is 18.1 Å². The minimum Gasteiger partial charge on any atom is -0.494 e. The Kier molecular flexibility index (Phi) is 23.9. The summed E-state index contributed by atoms with van der Waals surface area (Å²) < 4.78 is 57.9. The van der Waals surface area contributed by atoms with Crippen LogP contribution in [0.25, 0.3) is 0 Å². The summed E-state index contributed by atoms with van der Waals surface area (Å²) in [4.78, 5) is 55.8. The molecule has 502 valence electrons. The molecule has 1 saturated carbocycles. The lowest BCUT2D eigenvalue weighted by Gasteiger charge is -2.51. The van der Waals surface area contributed by atoms with Gasteiger partial charge in [0.15, 0.2) is 9.84 Å². The molecule has 12 rings (SSSR count). The maximum absolute atomic E-state index is 13.4. The number of urea groups is 3. The van der Waals surface area contributed by atoms with Crippen LogP contribution in [0.1, 0.15) is 113 Å². The summed E-state index contributed by atoms with van der Waals surface area (Å²) in [6, 6.07) is 18.1. The molecule has 6 bridgehead atoms. The van der Waals surface area contributed by atoms with Crippen LogP contribution in [0, 0.1) is 34.0 Å². The molecule has 9 aliphatic heterocycles. The van der Waals surface area contributed by atoms with Crippen LogP contribution in [0.5, 0.6) is 5.75 Å². The molecule has 89 heavy (non-hydrogen) atoms. The number of fused-ring (bicyclic) bond motifs is 11. The predicted octanol–water partition coefficient (Wildman–Crippen LogP) is 6.73. The molecule has 2 aromatic carbocycles. The van der Waals surface area contributed by atoms with Crippen LogP contribution in [0.4, 0.5) is 31.4 Å². The fourth-order valence-electron chi connectivity index (χ4n) is 15.9. The average Bonchev–Trinajstić information content (AvgIpc) is 3.55. The van der Waals surface area contributed by atoms with Crippen molar-refractivity contribution in [2.45, 2.75) is 143 Å². The zero-order valence-corrected chi connectivity index (χ0v) is 57.0. The van der Waals surface area contributed by atoms with E-state index in [-0.39, 0.29) is 90.0 Å². The van der Waals surface area contributed by atoms with Crippen molar-refractivity contribution in [2.75, 3.05) is 163 Å². The minimum absolute atomic E-state index is 0.00682. The van der Waals surface area contributed by atoms with Gasteiger partial charge in [0.05, 0.1) is 55.3 Å². The van der Waals surface area contributed by atoms with Gasteiger partial charge in [0.2, 0.25) is 0 Å². The maximum Gasteiger partial charge on any atom is 0.320 e. The fourth-order valence-corrected chi connectivity index (χ4v) is 17.7. The molecular formula is C66H110N10O11S2. The molecule has 10 fully saturated rings. The molecule has 9 saturated heterocycles. The number of nitrogens with one attached hydrogen (secondary N) is 2. The van der Waals surface area contributed by atoms with Gasteiger partial charge in [0.1, 0.15) is 15.6 Å². The van der Waals surface area contributed by atoms with Crippen molar-refractivity contribution in [1.82, 2.24) is 35.1 Å². The number of hydrogen-bond acceptors (Lipinski definition) is 15. The second-order valence-electron chi connectivity index (χ2n) is 28.8. The molecule has 0 spiro atoms. The second kappa shape index (κ2) is 30.3. The number of nitrogens with zero attached hydrogens (tertiary/aromatic N) is 8. The van der Waals surface area contributed by atoms with E-state index in [0.717, 1.165) is 88.7 Å². The summed E-state index contributed by atoms with van der Waals surface area (Å²) in [5, 5.41) is 23.7. The Hall–Kier alpha value is -4.81. The Morgan fingerprint density at radius 3 is 1.70 bits per heavy atom. The number of likely N-dealkylation sites (tertiary alicyclic amines) is 1. The van der Waals surface area contributed by atoms with Crippen LogP contribution >= 0.6 is 0 Å².